The van der Waals surface area contributed by atoms with E-state index in [-0.39, 0.29) is 0 Å². The molecule has 3 rings (SSSR count). The Kier molecular flexibility index (Phi) is 3.87. The first-order valence-electron chi connectivity index (χ1n) is 7.45. The number of nitrogens with one attached hydrogen (secondary N) is 1. The van der Waals surface area contributed by atoms with E-state index in [1.807, 2.05) is 6.20 Å². The van der Waals surface area contributed by atoms with Gasteiger partial charge in [0.2, 0.25) is 0 Å². The van der Waals surface area contributed by atoms with Crippen LogP contribution >= 0.6 is 0 Å². The van der Waals surface area contributed by atoms with Gasteiger partial charge in [0.1, 0.15) is 0 Å². The lowest BCUT2D eigenvalue weighted by atomic mass is 9.95. The summed E-state index contributed by atoms with van der Waals surface area (Å²) in [5, 5.41) is 11.7. The van der Waals surface area contributed by atoms with Crippen molar-refractivity contribution in [2.45, 2.75) is 39.2 Å². The summed E-state index contributed by atoms with van der Waals surface area (Å²) in [5.74, 6) is 0.603. The topological polar surface area (TPSA) is 49.7 Å². The Hall–Kier alpha value is -1.62. The Morgan fingerprint density at radius 2 is 2.25 bits per heavy atom. The molecule has 5 nitrogen and oxygen atoms in total. The Balaban J connectivity index is 1.56. The third-order valence-corrected chi connectivity index (χ3v) is 4.20. The number of aromatic nitrogens is 4. The zero-order chi connectivity index (χ0) is 13.9. The summed E-state index contributed by atoms with van der Waals surface area (Å²) in [6.45, 7) is 8.57. The van der Waals surface area contributed by atoms with Crippen molar-refractivity contribution in [3.63, 3.8) is 0 Å². The van der Waals surface area contributed by atoms with Gasteiger partial charge >= 0.3 is 0 Å². The Morgan fingerprint density at radius 1 is 1.35 bits per heavy atom. The van der Waals surface area contributed by atoms with Crippen LogP contribution in [0.2, 0.25) is 0 Å². The molecule has 2 aromatic rings. The first-order chi connectivity index (χ1) is 9.72. The number of hydrogen-bond donors (Lipinski definition) is 1. The van der Waals surface area contributed by atoms with Crippen LogP contribution in [-0.4, -0.2) is 44.5 Å². The SMILES string of the molecule is Cc1cc(C)n(CCN2CCCC(c3ccn[nH]3)C2)n1. The molecule has 108 valence electrons. The Morgan fingerprint density at radius 3 is 2.95 bits per heavy atom. The largest absolute Gasteiger partial charge is 0.301 e. The zero-order valence-corrected chi connectivity index (χ0v) is 12.3. The van der Waals surface area contributed by atoms with E-state index in [1.165, 1.54) is 30.8 Å². The van der Waals surface area contributed by atoms with Crippen molar-refractivity contribution >= 4 is 0 Å². The first kappa shape index (κ1) is 13.4. The minimum absolute atomic E-state index is 0.603. The lowest BCUT2D eigenvalue weighted by Crippen LogP contribution is -2.36. The highest BCUT2D eigenvalue weighted by Crippen LogP contribution is 2.25. The molecule has 0 aromatic carbocycles. The normalized spacial score (nSPS) is 20.4. The van der Waals surface area contributed by atoms with Gasteiger partial charge in [-0.15, -0.1) is 0 Å². The average molecular weight is 273 g/mol. The molecule has 0 amide bonds. The number of H-pyrrole nitrogens is 1. The summed E-state index contributed by atoms with van der Waals surface area (Å²) in [6, 6.07) is 4.25. The molecule has 1 aliphatic heterocycles. The third-order valence-electron chi connectivity index (χ3n) is 4.20. The fourth-order valence-corrected chi connectivity index (χ4v) is 3.14. The molecule has 0 radical (unpaired) electrons. The van der Waals surface area contributed by atoms with Gasteiger partial charge < -0.3 is 4.90 Å². The van der Waals surface area contributed by atoms with Crippen LogP contribution in [-0.2, 0) is 6.54 Å². The van der Waals surface area contributed by atoms with E-state index in [2.05, 4.69) is 50.9 Å². The highest BCUT2D eigenvalue weighted by molar-refractivity contribution is 5.08. The number of rotatable bonds is 4. The number of aryl methyl sites for hydroxylation is 2. The molecule has 3 heterocycles. The van der Waals surface area contributed by atoms with E-state index >= 15 is 0 Å². The number of aromatic amines is 1. The molecule has 1 aliphatic rings. The van der Waals surface area contributed by atoms with Gasteiger partial charge in [-0.3, -0.25) is 9.78 Å². The molecule has 20 heavy (non-hydrogen) atoms. The smallest absolute Gasteiger partial charge is 0.0596 e. The van der Waals surface area contributed by atoms with Crippen LogP contribution in [0.5, 0.6) is 0 Å². The van der Waals surface area contributed by atoms with E-state index in [9.17, 15) is 0 Å². The van der Waals surface area contributed by atoms with E-state index in [0.717, 1.165) is 25.3 Å². The van der Waals surface area contributed by atoms with Crippen molar-refractivity contribution in [2.24, 2.45) is 0 Å². The van der Waals surface area contributed by atoms with Crippen molar-refractivity contribution in [3.8, 4) is 0 Å². The van der Waals surface area contributed by atoms with E-state index in [0.29, 0.717) is 5.92 Å². The van der Waals surface area contributed by atoms with Crippen molar-refractivity contribution in [1.29, 1.82) is 0 Å². The quantitative estimate of drug-likeness (QED) is 0.928. The summed E-state index contributed by atoms with van der Waals surface area (Å²) < 4.78 is 2.12. The number of piperidine rings is 1. The number of likely N-dealkylation sites (tertiary alicyclic amines) is 1. The van der Waals surface area contributed by atoms with Gasteiger partial charge in [0.05, 0.1) is 12.2 Å². The molecule has 1 fully saturated rings. The van der Waals surface area contributed by atoms with Crippen LogP contribution in [0, 0.1) is 13.8 Å². The second-order valence-electron chi connectivity index (χ2n) is 5.80. The zero-order valence-electron chi connectivity index (χ0n) is 12.3. The van der Waals surface area contributed by atoms with Crippen LogP contribution in [0.3, 0.4) is 0 Å². The summed E-state index contributed by atoms with van der Waals surface area (Å²) in [5.41, 5.74) is 3.64. The minimum atomic E-state index is 0.603. The number of nitrogens with zero attached hydrogens (tertiary/aromatic N) is 4. The second kappa shape index (κ2) is 5.79. The molecule has 1 unspecified atom stereocenters. The van der Waals surface area contributed by atoms with Gasteiger partial charge in [0.25, 0.3) is 0 Å². The molecule has 2 aromatic heterocycles. The fraction of sp³-hybridized carbons (Fsp3) is 0.600. The summed E-state index contributed by atoms with van der Waals surface area (Å²) in [4.78, 5) is 2.55. The first-order valence-corrected chi connectivity index (χ1v) is 7.45. The van der Waals surface area contributed by atoms with E-state index in [1.54, 1.807) is 0 Å². The van der Waals surface area contributed by atoms with Gasteiger partial charge in [-0.05, 0) is 45.4 Å². The molecule has 0 aliphatic carbocycles. The fourth-order valence-electron chi connectivity index (χ4n) is 3.14. The van der Waals surface area contributed by atoms with Crippen molar-refractivity contribution in [3.05, 3.63) is 35.4 Å². The number of hydrogen-bond acceptors (Lipinski definition) is 3. The molecule has 0 saturated carbocycles. The second-order valence-corrected chi connectivity index (χ2v) is 5.80. The highest BCUT2D eigenvalue weighted by Gasteiger charge is 2.22. The van der Waals surface area contributed by atoms with Crippen LogP contribution in [0.25, 0.3) is 0 Å². The van der Waals surface area contributed by atoms with Gasteiger partial charge in [0.15, 0.2) is 0 Å². The van der Waals surface area contributed by atoms with Crippen LogP contribution in [0.1, 0.15) is 35.8 Å². The minimum Gasteiger partial charge on any atom is -0.301 e. The monoisotopic (exact) mass is 273 g/mol. The van der Waals surface area contributed by atoms with Gasteiger partial charge in [-0.25, -0.2) is 0 Å². The standard InChI is InChI=1S/C15H23N5/c1-12-10-13(2)20(18-12)9-8-19-7-3-4-14(11-19)15-5-6-16-17-15/h5-6,10,14H,3-4,7-9,11H2,1-2H3,(H,16,17). The average Bonchev–Trinajstić information content (AvgIpc) is 3.07. The third kappa shape index (κ3) is 2.93. The molecular formula is C15H23N5. The lowest BCUT2D eigenvalue weighted by Gasteiger charge is -2.32. The maximum atomic E-state index is 4.54. The van der Waals surface area contributed by atoms with Gasteiger partial charge in [-0.2, -0.15) is 10.2 Å². The van der Waals surface area contributed by atoms with Crippen LogP contribution in [0.4, 0.5) is 0 Å². The van der Waals surface area contributed by atoms with E-state index < -0.39 is 0 Å². The molecule has 1 N–H and O–H groups in total. The summed E-state index contributed by atoms with van der Waals surface area (Å²) in [6.07, 6.45) is 4.38. The Labute approximate surface area is 120 Å². The lowest BCUT2D eigenvalue weighted by molar-refractivity contribution is 0.196. The maximum Gasteiger partial charge on any atom is 0.0596 e. The Bertz CT molecular complexity index is 543. The van der Waals surface area contributed by atoms with Crippen LogP contribution in [0.15, 0.2) is 18.3 Å². The summed E-state index contributed by atoms with van der Waals surface area (Å²) in [7, 11) is 0. The molecule has 0 bridgehead atoms. The molecule has 1 atom stereocenters. The predicted octanol–water partition coefficient (Wildman–Crippen LogP) is 2.10. The molecule has 5 heteroatoms. The molecular weight excluding hydrogens is 250 g/mol. The van der Waals surface area contributed by atoms with Crippen molar-refractivity contribution in [1.82, 2.24) is 24.9 Å². The molecule has 1 saturated heterocycles. The molecule has 0 spiro atoms. The van der Waals surface area contributed by atoms with Crippen molar-refractivity contribution < 1.29 is 0 Å². The highest BCUT2D eigenvalue weighted by atomic mass is 15.3. The van der Waals surface area contributed by atoms with Crippen molar-refractivity contribution in [2.75, 3.05) is 19.6 Å². The summed E-state index contributed by atoms with van der Waals surface area (Å²) >= 11 is 0. The van der Waals surface area contributed by atoms with E-state index in [4.69, 9.17) is 0 Å². The van der Waals surface area contributed by atoms with Gasteiger partial charge in [0, 0.05) is 36.6 Å². The van der Waals surface area contributed by atoms with Crippen LogP contribution < -0.4 is 0 Å². The maximum absolute atomic E-state index is 4.54. The van der Waals surface area contributed by atoms with Gasteiger partial charge in [-0.1, -0.05) is 0 Å². The predicted molar refractivity (Wildman–Crippen MR) is 78.7 cm³/mol.